The van der Waals surface area contributed by atoms with Gasteiger partial charge in [-0.15, -0.1) is 0 Å². The molecule has 2 aromatic rings. The first kappa shape index (κ1) is 15.0. The van der Waals surface area contributed by atoms with E-state index in [-0.39, 0.29) is 17.2 Å². The van der Waals surface area contributed by atoms with Gasteiger partial charge in [-0.1, -0.05) is 36.8 Å². The van der Waals surface area contributed by atoms with Crippen LogP contribution in [0.4, 0.5) is 0 Å². The molecule has 0 radical (unpaired) electrons. The van der Waals surface area contributed by atoms with E-state index in [0.29, 0.717) is 6.54 Å². The van der Waals surface area contributed by atoms with Crippen molar-refractivity contribution in [3.05, 3.63) is 57.9 Å². The molecule has 1 unspecified atom stereocenters. The first-order valence-corrected chi connectivity index (χ1v) is 7.03. The number of hydrogen-bond donors (Lipinski definition) is 1. The molecule has 4 heteroatoms. The highest BCUT2D eigenvalue weighted by atomic mass is 16.1. The maximum absolute atomic E-state index is 12.4. The lowest BCUT2D eigenvalue weighted by Crippen LogP contribution is -2.33. The Hall–Kier alpha value is -2.38. The summed E-state index contributed by atoms with van der Waals surface area (Å²) < 4.78 is 1.61. The van der Waals surface area contributed by atoms with Crippen molar-refractivity contribution < 1.29 is 0 Å². The van der Waals surface area contributed by atoms with E-state index in [9.17, 15) is 4.79 Å². The molecule has 1 atom stereocenters. The second-order valence-corrected chi connectivity index (χ2v) is 5.19. The van der Waals surface area contributed by atoms with Crippen molar-refractivity contribution in [1.29, 1.82) is 5.26 Å². The Kier molecular flexibility index (Phi) is 4.56. The summed E-state index contributed by atoms with van der Waals surface area (Å²) in [6.45, 7) is 4.41. The molecule has 0 aliphatic carbocycles. The van der Waals surface area contributed by atoms with Crippen molar-refractivity contribution in [1.82, 2.24) is 4.57 Å². The molecule has 108 valence electrons. The summed E-state index contributed by atoms with van der Waals surface area (Å²) >= 11 is 0. The zero-order chi connectivity index (χ0) is 15.4. The van der Waals surface area contributed by atoms with Gasteiger partial charge in [0.05, 0.1) is 5.69 Å². The minimum Gasteiger partial charge on any atom is -0.326 e. The second-order valence-electron chi connectivity index (χ2n) is 5.19. The molecule has 2 rings (SSSR count). The van der Waals surface area contributed by atoms with Gasteiger partial charge in [0.15, 0.2) is 0 Å². The van der Waals surface area contributed by atoms with Crippen LogP contribution in [0.5, 0.6) is 0 Å². The monoisotopic (exact) mass is 281 g/mol. The average molecular weight is 281 g/mol. The number of benzene rings is 1. The third-order valence-corrected chi connectivity index (χ3v) is 3.58. The molecule has 0 fully saturated rings. The standard InChI is InChI=1S/C17H19N3O/c1-3-15(19)11-20-16(9-8-14(10-18)17(20)21)13-6-4-12(2)5-7-13/h4-9,15H,3,11,19H2,1-2H3. The quantitative estimate of drug-likeness (QED) is 0.935. The van der Waals surface area contributed by atoms with Gasteiger partial charge in [0.25, 0.3) is 5.56 Å². The van der Waals surface area contributed by atoms with Crippen LogP contribution < -0.4 is 11.3 Å². The van der Waals surface area contributed by atoms with Crippen LogP contribution in [-0.2, 0) is 6.54 Å². The van der Waals surface area contributed by atoms with Crippen molar-refractivity contribution >= 4 is 0 Å². The lowest BCUT2D eigenvalue weighted by molar-refractivity contribution is 0.530. The van der Waals surface area contributed by atoms with E-state index in [1.807, 2.05) is 50.2 Å². The van der Waals surface area contributed by atoms with Crippen LogP contribution in [0, 0.1) is 18.3 Å². The van der Waals surface area contributed by atoms with Crippen LogP contribution in [0.15, 0.2) is 41.2 Å². The lowest BCUT2D eigenvalue weighted by Gasteiger charge is -2.17. The summed E-state index contributed by atoms with van der Waals surface area (Å²) in [6.07, 6.45) is 0.774. The summed E-state index contributed by atoms with van der Waals surface area (Å²) in [5, 5.41) is 9.04. The molecule has 2 N–H and O–H groups in total. The van der Waals surface area contributed by atoms with Crippen molar-refractivity contribution in [3.63, 3.8) is 0 Å². The zero-order valence-electron chi connectivity index (χ0n) is 12.3. The van der Waals surface area contributed by atoms with E-state index in [4.69, 9.17) is 11.0 Å². The van der Waals surface area contributed by atoms with E-state index in [2.05, 4.69) is 0 Å². The van der Waals surface area contributed by atoms with Crippen molar-refractivity contribution in [2.45, 2.75) is 32.9 Å². The number of pyridine rings is 1. The molecule has 0 saturated carbocycles. The van der Waals surface area contributed by atoms with Crippen LogP contribution in [-0.4, -0.2) is 10.6 Å². The van der Waals surface area contributed by atoms with Gasteiger partial charge in [0.1, 0.15) is 11.6 Å². The van der Waals surface area contributed by atoms with Crippen molar-refractivity contribution in [2.75, 3.05) is 0 Å². The molecule has 4 nitrogen and oxygen atoms in total. The summed E-state index contributed by atoms with van der Waals surface area (Å²) in [5.41, 5.74) is 8.77. The smallest absolute Gasteiger partial charge is 0.268 e. The lowest BCUT2D eigenvalue weighted by atomic mass is 10.1. The van der Waals surface area contributed by atoms with E-state index >= 15 is 0 Å². The Morgan fingerprint density at radius 2 is 1.90 bits per heavy atom. The maximum Gasteiger partial charge on any atom is 0.268 e. The highest BCUT2D eigenvalue weighted by Crippen LogP contribution is 2.19. The molecule has 1 aromatic carbocycles. The molecular weight excluding hydrogens is 262 g/mol. The van der Waals surface area contributed by atoms with Gasteiger partial charge in [-0.05, 0) is 31.0 Å². The molecule has 21 heavy (non-hydrogen) atoms. The van der Waals surface area contributed by atoms with Gasteiger partial charge in [-0.3, -0.25) is 4.79 Å². The van der Waals surface area contributed by atoms with Crippen molar-refractivity contribution in [2.24, 2.45) is 5.73 Å². The Labute approximate surface area is 124 Å². The SMILES string of the molecule is CCC(N)Cn1c(-c2ccc(C)cc2)ccc(C#N)c1=O. The van der Waals surface area contributed by atoms with Crippen LogP contribution >= 0.6 is 0 Å². The normalized spacial score (nSPS) is 11.9. The number of hydrogen-bond acceptors (Lipinski definition) is 3. The fourth-order valence-electron chi connectivity index (χ4n) is 2.18. The van der Waals surface area contributed by atoms with Crippen molar-refractivity contribution in [3.8, 4) is 17.3 Å². The van der Waals surface area contributed by atoms with Gasteiger partial charge >= 0.3 is 0 Å². The largest absolute Gasteiger partial charge is 0.326 e. The highest BCUT2D eigenvalue weighted by Gasteiger charge is 2.12. The minimum atomic E-state index is -0.278. The van der Waals surface area contributed by atoms with Gasteiger partial charge < -0.3 is 10.3 Å². The van der Waals surface area contributed by atoms with Crippen LogP contribution in [0.3, 0.4) is 0 Å². The first-order chi connectivity index (χ1) is 10.1. The molecule has 0 aliphatic rings. The molecule has 0 amide bonds. The summed E-state index contributed by atoms with van der Waals surface area (Å²) in [7, 11) is 0. The van der Waals surface area contributed by atoms with E-state index in [1.54, 1.807) is 10.6 Å². The topological polar surface area (TPSA) is 71.8 Å². The zero-order valence-corrected chi connectivity index (χ0v) is 12.3. The van der Waals surface area contributed by atoms with Gasteiger partial charge in [0.2, 0.25) is 0 Å². The van der Waals surface area contributed by atoms with Gasteiger partial charge in [0, 0.05) is 12.6 Å². The van der Waals surface area contributed by atoms with Gasteiger partial charge in [-0.25, -0.2) is 0 Å². The molecule has 0 aliphatic heterocycles. The van der Waals surface area contributed by atoms with Gasteiger partial charge in [-0.2, -0.15) is 5.26 Å². The van der Waals surface area contributed by atoms with E-state index < -0.39 is 0 Å². The predicted molar refractivity (Wildman–Crippen MR) is 83.9 cm³/mol. The Morgan fingerprint density at radius 1 is 1.24 bits per heavy atom. The third-order valence-electron chi connectivity index (χ3n) is 3.58. The summed E-state index contributed by atoms with van der Waals surface area (Å²) in [5.74, 6) is 0. The van der Waals surface area contributed by atoms with E-state index in [0.717, 1.165) is 23.2 Å². The van der Waals surface area contributed by atoms with Crippen LogP contribution in [0.1, 0.15) is 24.5 Å². The fraction of sp³-hybridized carbons (Fsp3) is 0.294. The number of aryl methyl sites for hydroxylation is 1. The molecular formula is C17H19N3O. The molecule has 0 spiro atoms. The average Bonchev–Trinajstić information content (AvgIpc) is 2.50. The number of nitrogens with two attached hydrogens (primary N) is 1. The molecule has 0 saturated heterocycles. The number of aromatic nitrogens is 1. The molecule has 0 bridgehead atoms. The number of nitrogens with zero attached hydrogens (tertiary/aromatic N) is 2. The predicted octanol–water partition coefficient (Wildman–Crippen LogP) is 2.43. The minimum absolute atomic E-state index is 0.110. The van der Waals surface area contributed by atoms with Crippen LogP contribution in [0.25, 0.3) is 11.3 Å². The second kappa shape index (κ2) is 6.38. The Balaban J connectivity index is 2.60. The number of rotatable bonds is 4. The molecule has 1 heterocycles. The van der Waals surface area contributed by atoms with Crippen LogP contribution in [0.2, 0.25) is 0 Å². The summed E-state index contributed by atoms with van der Waals surface area (Å²) in [6, 6.07) is 13.2. The fourth-order valence-corrected chi connectivity index (χ4v) is 2.18. The maximum atomic E-state index is 12.4. The van der Waals surface area contributed by atoms with E-state index in [1.165, 1.54) is 0 Å². The highest BCUT2D eigenvalue weighted by molar-refractivity contribution is 5.60. The molecule has 1 aromatic heterocycles. The Morgan fingerprint density at radius 3 is 2.48 bits per heavy atom. The third kappa shape index (κ3) is 3.21. The Bertz CT molecular complexity index is 723. The first-order valence-electron chi connectivity index (χ1n) is 7.03. The number of nitriles is 1. The summed E-state index contributed by atoms with van der Waals surface area (Å²) in [4.78, 5) is 12.4.